The van der Waals surface area contributed by atoms with Crippen molar-refractivity contribution in [1.82, 2.24) is 0 Å². The fourth-order valence-electron chi connectivity index (χ4n) is 0.641. The first-order chi connectivity index (χ1) is 5.70. The Bertz CT molecular complexity index is 188. The van der Waals surface area contributed by atoms with Gasteiger partial charge >= 0.3 is 5.97 Å². The van der Waals surface area contributed by atoms with Crippen molar-refractivity contribution in [2.45, 2.75) is 13.8 Å². The molecular weight excluding hydrogens is 156 g/mol. The van der Waals surface area contributed by atoms with Crippen LogP contribution < -0.4 is 0 Å². The van der Waals surface area contributed by atoms with Crippen LogP contribution in [0.5, 0.6) is 0 Å². The van der Waals surface area contributed by atoms with Gasteiger partial charge in [0.25, 0.3) is 0 Å². The van der Waals surface area contributed by atoms with Crippen LogP contribution in [0.25, 0.3) is 0 Å². The lowest BCUT2D eigenvalue weighted by Crippen LogP contribution is -2.03. The minimum Gasteiger partial charge on any atom is -0.456 e. The molecule has 1 atom stereocenters. The maximum absolute atomic E-state index is 10.7. The molecule has 68 valence electrons. The Labute approximate surface area is 73.0 Å². The number of ether oxygens (including phenoxy) is 2. The minimum atomic E-state index is -0.472. The molecule has 0 aromatic carbocycles. The van der Waals surface area contributed by atoms with Gasteiger partial charge in [-0.05, 0) is 13.8 Å². The topological polar surface area (TPSA) is 35.5 Å². The monoisotopic (exact) mass is 170 g/mol. The smallest absolute Gasteiger partial charge is 0.384 e. The van der Waals surface area contributed by atoms with E-state index in [1.807, 2.05) is 6.92 Å². The van der Waals surface area contributed by atoms with Crippen LogP contribution in [0.3, 0.4) is 0 Å². The number of carbonyl (C=O) groups is 1. The molecule has 0 saturated heterocycles. The van der Waals surface area contributed by atoms with Gasteiger partial charge in [0, 0.05) is 18.9 Å². The van der Waals surface area contributed by atoms with Gasteiger partial charge in [0.05, 0.1) is 13.2 Å². The highest BCUT2D eigenvalue weighted by atomic mass is 16.5. The molecule has 0 rings (SSSR count). The zero-order valence-corrected chi connectivity index (χ0v) is 7.72. The first-order valence-electron chi connectivity index (χ1n) is 3.88. The van der Waals surface area contributed by atoms with E-state index < -0.39 is 5.97 Å². The summed E-state index contributed by atoms with van der Waals surface area (Å²) in [4.78, 5) is 10.7. The van der Waals surface area contributed by atoms with Gasteiger partial charge in [0.15, 0.2) is 0 Å². The zero-order valence-electron chi connectivity index (χ0n) is 7.72. The molecule has 3 nitrogen and oxygen atoms in total. The maximum atomic E-state index is 10.7. The second-order valence-electron chi connectivity index (χ2n) is 2.35. The molecule has 0 amide bonds. The van der Waals surface area contributed by atoms with E-state index in [2.05, 4.69) is 16.6 Å². The molecule has 0 aromatic rings. The molecule has 0 aromatic heterocycles. The van der Waals surface area contributed by atoms with Gasteiger partial charge in [0.2, 0.25) is 0 Å². The highest BCUT2D eigenvalue weighted by Gasteiger charge is 1.96. The normalized spacial score (nSPS) is 11.2. The van der Waals surface area contributed by atoms with Crippen molar-refractivity contribution in [2.24, 2.45) is 5.92 Å². The molecular formula is C9H14O3. The summed E-state index contributed by atoms with van der Waals surface area (Å²) in [6.45, 7) is 4.53. The largest absolute Gasteiger partial charge is 0.456 e. The molecule has 0 bridgehead atoms. The standard InChI is InChI=1S/C9H14O3/c1-4-12-9(10)6-5-8(2)7-11-3/h8H,4,7H2,1-3H3. The highest BCUT2D eigenvalue weighted by Crippen LogP contribution is 1.91. The van der Waals surface area contributed by atoms with E-state index in [9.17, 15) is 4.79 Å². The number of hydrogen-bond acceptors (Lipinski definition) is 3. The fourth-order valence-corrected chi connectivity index (χ4v) is 0.641. The zero-order chi connectivity index (χ0) is 9.40. The van der Waals surface area contributed by atoms with Crippen LogP contribution in [0.1, 0.15) is 13.8 Å². The van der Waals surface area contributed by atoms with Crippen molar-refractivity contribution in [3.63, 3.8) is 0 Å². The summed E-state index contributed by atoms with van der Waals surface area (Å²) in [5.41, 5.74) is 0. The van der Waals surface area contributed by atoms with Crippen LogP contribution in [0.4, 0.5) is 0 Å². The Morgan fingerprint density at radius 1 is 1.58 bits per heavy atom. The quantitative estimate of drug-likeness (QED) is 0.357. The molecule has 0 N–H and O–H groups in total. The molecule has 0 aliphatic rings. The Kier molecular flexibility index (Phi) is 6.12. The van der Waals surface area contributed by atoms with Gasteiger partial charge in [-0.15, -0.1) is 0 Å². The van der Waals surface area contributed by atoms with E-state index in [0.29, 0.717) is 13.2 Å². The lowest BCUT2D eigenvalue weighted by molar-refractivity contribution is -0.136. The van der Waals surface area contributed by atoms with Crippen LogP contribution in [0.15, 0.2) is 0 Å². The van der Waals surface area contributed by atoms with Crippen LogP contribution in [0.2, 0.25) is 0 Å². The number of hydrogen-bond donors (Lipinski definition) is 0. The Hall–Kier alpha value is -1.01. The van der Waals surface area contributed by atoms with Crippen molar-refractivity contribution in [1.29, 1.82) is 0 Å². The molecule has 0 heterocycles. The van der Waals surface area contributed by atoms with Crippen LogP contribution in [-0.4, -0.2) is 26.3 Å². The summed E-state index contributed by atoms with van der Waals surface area (Å²) in [7, 11) is 1.60. The lowest BCUT2D eigenvalue weighted by Gasteiger charge is -1.99. The van der Waals surface area contributed by atoms with Crippen molar-refractivity contribution >= 4 is 5.97 Å². The second kappa shape index (κ2) is 6.68. The second-order valence-corrected chi connectivity index (χ2v) is 2.35. The van der Waals surface area contributed by atoms with Crippen LogP contribution in [0, 0.1) is 17.8 Å². The third-order valence-corrected chi connectivity index (χ3v) is 1.11. The van der Waals surface area contributed by atoms with E-state index in [-0.39, 0.29) is 5.92 Å². The van der Waals surface area contributed by atoms with E-state index >= 15 is 0 Å². The van der Waals surface area contributed by atoms with E-state index in [0.717, 1.165) is 0 Å². The number of methoxy groups -OCH3 is 1. The van der Waals surface area contributed by atoms with Crippen LogP contribution in [-0.2, 0) is 14.3 Å². The van der Waals surface area contributed by atoms with Gasteiger partial charge < -0.3 is 9.47 Å². The van der Waals surface area contributed by atoms with E-state index in [1.54, 1.807) is 14.0 Å². The van der Waals surface area contributed by atoms with Crippen LogP contribution >= 0.6 is 0 Å². The molecule has 0 aliphatic carbocycles. The Morgan fingerprint density at radius 3 is 2.75 bits per heavy atom. The van der Waals surface area contributed by atoms with Gasteiger partial charge in [-0.25, -0.2) is 4.79 Å². The van der Waals surface area contributed by atoms with Gasteiger partial charge in [-0.1, -0.05) is 5.92 Å². The molecule has 12 heavy (non-hydrogen) atoms. The first kappa shape index (κ1) is 11.0. The summed E-state index contributed by atoms with van der Waals surface area (Å²) in [5, 5.41) is 0. The van der Waals surface area contributed by atoms with Crippen molar-refractivity contribution in [3.05, 3.63) is 0 Å². The van der Waals surface area contributed by atoms with Crippen molar-refractivity contribution < 1.29 is 14.3 Å². The molecule has 1 unspecified atom stereocenters. The maximum Gasteiger partial charge on any atom is 0.384 e. The molecule has 0 fully saturated rings. The predicted molar refractivity (Wildman–Crippen MR) is 45.4 cm³/mol. The van der Waals surface area contributed by atoms with E-state index in [4.69, 9.17) is 4.74 Å². The van der Waals surface area contributed by atoms with Gasteiger partial charge in [-0.2, -0.15) is 0 Å². The van der Waals surface area contributed by atoms with Gasteiger partial charge in [0.1, 0.15) is 0 Å². The fraction of sp³-hybridized carbons (Fsp3) is 0.667. The third-order valence-electron chi connectivity index (χ3n) is 1.11. The number of esters is 1. The summed E-state index contributed by atoms with van der Waals surface area (Å²) in [6.07, 6.45) is 0. The molecule has 0 spiro atoms. The van der Waals surface area contributed by atoms with Crippen molar-refractivity contribution in [3.8, 4) is 11.8 Å². The third kappa shape index (κ3) is 5.75. The molecule has 0 saturated carbocycles. The summed E-state index contributed by atoms with van der Waals surface area (Å²) in [6, 6.07) is 0. The summed E-state index contributed by atoms with van der Waals surface area (Å²) >= 11 is 0. The number of carbonyl (C=O) groups excluding carboxylic acids is 1. The van der Waals surface area contributed by atoms with E-state index in [1.165, 1.54) is 0 Å². The van der Waals surface area contributed by atoms with Gasteiger partial charge in [-0.3, -0.25) is 0 Å². The molecule has 0 aliphatic heterocycles. The average Bonchev–Trinajstić information content (AvgIpc) is 2.02. The molecule has 0 radical (unpaired) electrons. The lowest BCUT2D eigenvalue weighted by atomic mass is 10.2. The summed E-state index contributed by atoms with van der Waals surface area (Å²) < 4.78 is 9.46. The minimum absolute atomic E-state index is 0.0689. The SMILES string of the molecule is CCOC(=O)C#CC(C)COC. The number of rotatable bonds is 3. The average molecular weight is 170 g/mol. The predicted octanol–water partition coefficient (Wildman–Crippen LogP) is 0.835. The highest BCUT2D eigenvalue weighted by molar-refractivity contribution is 5.88. The molecule has 3 heteroatoms. The Morgan fingerprint density at radius 2 is 2.25 bits per heavy atom. The first-order valence-corrected chi connectivity index (χ1v) is 3.88. The summed E-state index contributed by atoms with van der Waals surface area (Å²) in [5.74, 6) is 4.69. The van der Waals surface area contributed by atoms with Crippen molar-refractivity contribution in [2.75, 3.05) is 20.3 Å². The Balaban J connectivity index is 3.76.